The molecule has 0 bridgehead atoms. The monoisotopic (exact) mass is 318 g/mol. The summed E-state index contributed by atoms with van der Waals surface area (Å²) in [6.07, 6.45) is 1.86. The van der Waals surface area contributed by atoms with Crippen molar-refractivity contribution in [2.45, 2.75) is 30.7 Å². The minimum Gasteiger partial charge on any atom is -0.389 e. The van der Waals surface area contributed by atoms with Crippen LogP contribution in [0.1, 0.15) is 25.3 Å². The van der Waals surface area contributed by atoms with Crippen molar-refractivity contribution in [3.05, 3.63) is 28.8 Å². The van der Waals surface area contributed by atoms with E-state index in [2.05, 4.69) is 4.72 Å². The molecule has 0 heterocycles. The molecule has 2 rings (SSSR count). The lowest BCUT2D eigenvalue weighted by Crippen LogP contribution is -2.27. The number of nitrogens with one attached hydrogen (secondary N) is 1. The zero-order chi connectivity index (χ0) is 14.2. The molecule has 0 amide bonds. The van der Waals surface area contributed by atoms with E-state index in [0.29, 0.717) is 11.5 Å². The van der Waals surface area contributed by atoms with Crippen LogP contribution in [-0.4, -0.2) is 19.4 Å². The molecule has 2 atom stereocenters. The minimum absolute atomic E-state index is 0.0290. The van der Waals surface area contributed by atoms with Crippen molar-refractivity contribution in [2.24, 2.45) is 11.7 Å². The summed E-state index contributed by atoms with van der Waals surface area (Å²) in [4.78, 5) is 0.253. The first-order valence-electron chi connectivity index (χ1n) is 5.97. The SMILES string of the molecule is CCC1CC1NS(=O)(=O)c1ccc(C(N)=S)cc1Cl. The highest BCUT2D eigenvalue weighted by molar-refractivity contribution is 7.89. The summed E-state index contributed by atoms with van der Waals surface area (Å²) in [5, 5.41) is 0.131. The van der Waals surface area contributed by atoms with E-state index in [1.165, 1.54) is 12.1 Å². The molecule has 1 saturated carbocycles. The molecule has 0 saturated heterocycles. The Labute approximate surface area is 123 Å². The van der Waals surface area contributed by atoms with Crippen molar-refractivity contribution in [1.29, 1.82) is 0 Å². The fraction of sp³-hybridized carbons (Fsp3) is 0.417. The van der Waals surface area contributed by atoms with Gasteiger partial charge in [-0.1, -0.05) is 43.2 Å². The lowest BCUT2D eigenvalue weighted by atomic mass is 10.2. The molecular weight excluding hydrogens is 304 g/mol. The van der Waals surface area contributed by atoms with Crippen molar-refractivity contribution in [2.75, 3.05) is 0 Å². The third kappa shape index (κ3) is 3.25. The normalized spacial score (nSPS) is 22.2. The van der Waals surface area contributed by atoms with Crippen molar-refractivity contribution in [3.8, 4) is 0 Å². The molecule has 2 unspecified atom stereocenters. The number of hydrogen-bond donors (Lipinski definition) is 2. The third-order valence-corrected chi connectivity index (χ3v) is 5.47. The van der Waals surface area contributed by atoms with Crippen molar-refractivity contribution in [3.63, 3.8) is 0 Å². The van der Waals surface area contributed by atoms with Crippen LogP contribution in [0.15, 0.2) is 23.1 Å². The van der Waals surface area contributed by atoms with E-state index in [1.54, 1.807) is 6.07 Å². The largest absolute Gasteiger partial charge is 0.389 e. The number of nitrogens with two attached hydrogens (primary N) is 1. The Morgan fingerprint density at radius 2 is 2.26 bits per heavy atom. The van der Waals surface area contributed by atoms with Gasteiger partial charge in [-0.3, -0.25) is 0 Å². The predicted molar refractivity (Wildman–Crippen MR) is 79.8 cm³/mol. The Hall–Kier alpha value is -0.690. The maximum atomic E-state index is 12.2. The fourth-order valence-electron chi connectivity index (χ4n) is 1.98. The van der Waals surface area contributed by atoms with E-state index < -0.39 is 10.0 Å². The van der Waals surface area contributed by atoms with Crippen LogP contribution in [0, 0.1) is 5.92 Å². The highest BCUT2D eigenvalue weighted by Gasteiger charge is 2.39. The Morgan fingerprint density at radius 3 is 2.74 bits per heavy atom. The summed E-state index contributed by atoms with van der Waals surface area (Å²) < 4.78 is 27.0. The molecule has 19 heavy (non-hydrogen) atoms. The minimum atomic E-state index is -3.58. The summed E-state index contributed by atoms with van der Waals surface area (Å²) in [6, 6.07) is 4.50. The lowest BCUT2D eigenvalue weighted by molar-refractivity contribution is 0.576. The van der Waals surface area contributed by atoms with Gasteiger partial charge in [-0.2, -0.15) is 0 Å². The van der Waals surface area contributed by atoms with E-state index in [1.807, 2.05) is 6.92 Å². The van der Waals surface area contributed by atoms with Gasteiger partial charge >= 0.3 is 0 Å². The highest BCUT2D eigenvalue weighted by Crippen LogP contribution is 2.35. The van der Waals surface area contributed by atoms with Crippen LogP contribution in [0.4, 0.5) is 0 Å². The Balaban J connectivity index is 2.23. The maximum absolute atomic E-state index is 12.2. The number of thiocarbonyl (C=S) groups is 1. The van der Waals surface area contributed by atoms with E-state index in [0.717, 1.165) is 12.8 Å². The molecule has 0 aromatic heterocycles. The lowest BCUT2D eigenvalue weighted by Gasteiger charge is -2.09. The van der Waals surface area contributed by atoms with Gasteiger partial charge in [0.2, 0.25) is 10.0 Å². The molecule has 3 N–H and O–H groups in total. The van der Waals surface area contributed by atoms with E-state index in [4.69, 9.17) is 29.6 Å². The number of rotatable bonds is 5. The summed E-state index contributed by atoms with van der Waals surface area (Å²) in [5.41, 5.74) is 6.03. The van der Waals surface area contributed by atoms with Gasteiger partial charge in [0.15, 0.2) is 0 Å². The Morgan fingerprint density at radius 1 is 1.58 bits per heavy atom. The predicted octanol–water partition coefficient (Wildman–Crippen LogP) is 2.05. The maximum Gasteiger partial charge on any atom is 0.242 e. The van der Waals surface area contributed by atoms with E-state index in [9.17, 15) is 8.42 Å². The first kappa shape index (κ1) is 14.7. The highest BCUT2D eigenvalue weighted by atomic mass is 35.5. The van der Waals surface area contributed by atoms with Crippen LogP contribution >= 0.6 is 23.8 Å². The zero-order valence-electron chi connectivity index (χ0n) is 10.4. The fourth-order valence-corrected chi connectivity index (χ4v) is 3.97. The van der Waals surface area contributed by atoms with Gasteiger partial charge < -0.3 is 5.73 Å². The van der Waals surface area contributed by atoms with Crippen molar-refractivity contribution >= 4 is 38.8 Å². The van der Waals surface area contributed by atoms with Gasteiger partial charge in [0.1, 0.15) is 9.88 Å². The van der Waals surface area contributed by atoms with Crippen LogP contribution < -0.4 is 10.5 Å². The van der Waals surface area contributed by atoms with Gasteiger partial charge in [0.05, 0.1) is 5.02 Å². The molecular formula is C12H15ClN2O2S2. The number of benzene rings is 1. The second-order valence-corrected chi connectivity index (χ2v) is 7.17. The standard InChI is InChI=1S/C12H15ClN2O2S2/c1-2-7-6-10(7)15-19(16,17)11-4-3-8(12(14)18)5-9(11)13/h3-5,7,10,15H,2,6H2,1H3,(H2,14,18). The molecule has 4 nitrogen and oxygen atoms in total. The van der Waals surface area contributed by atoms with Gasteiger partial charge in [-0.25, -0.2) is 13.1 Å². The molecule has 7 heteroatoms. The van der Waals surface area contributed by atoms with Gasteiger partial charge in [-0.15, -0.1) is 0 Å². The first-order valence-corrected chi connectivity index (χ1v) is 8.23. The molecule has 0 aliphatic heterocycles. The van der Waals surface area contributed by atoms with Crippen LogP contribution in [0.2, 0.25) is 5.02 Å². The molecule has 0 radical (unpaired) electrons. The summed E-state index contributed by atoms with van der Waals surface area (Å²) in [6.45, 7) is 2.04. The summed E-state index contributed by atoms with van der Waals surface area (Å²) in [5.74, 6) is 0.435. The molecule has 104 valence electrons. The first-order chi connectivity index (χ1) is 8.85. The zero-order valence-corrected chi connectivity index (χ0v) is 12.8. The quantitative estimate of drug-likeness (QED) is 0.815. The topological polar surface area (TPSA) is 72.2 Å². The van der Waals surface area contributed by atoms with Crippen LogP contribution in [0.25, 0.3) is 0 Å². The van der Waals surface area contributed by atoms with Crippen molar-refractivity contribution < 1.29 is 8.42 Å². The molecule has 1 aliphatic carbocycles. The van der Waals surface area contributed by atoms with E-state index >= 15 is 0 Å². The summed E-state index contributed by atoms with van der Waals surface area (Å²) in [7, 11) is -3.58. The average Bonchev–Trinajstić information content (AvgIpc) is 3.05. The van der Waals surface area contributed by atoms with E-state index in [-0.39, 0.29) is 20.9 Å². The second-order valence-electron chi connectivity index (χ2n) is 4.64. The Bertz CT molecular complexity index is 616. The molecule has 1 aromatic rings. The number of hydrogen-bond acceptors (Lipinski definition) is 3. The third-order valence-electron chi connectivity index (χ3n) is 3.26. The van der Waals surface area contributed by atoms with Crippen LogP contribution in [0.5, 0.6) is 0 Å². The van der Waals surface area contributed by atoms with Crippen LogP contribution in [0.3, 0.4) is 0 Å². The number of sulfonamides is 1. The molecule has 1 aromatic carbocycles. The molecule has 1 fully saturated rings. The number of halogens is 1. The van der Waals surface area contributed by atoms with Gasteiger partial charge in [0.25, 0.3) is 0 Å². The summed E-state index contributed by atoms with van der Waals surface area (Å²) >= 11 is 10.8. The van der Waals surface area contributed by atoms with Crippen LogP contribution in [-0.2, 0) is 10.0 Å². The smallest absolute Gasteiger partial charge is 0.242 e. The second kappa shape index (κ2) is 5.36. The molecule has 0 spiro atoms. The van der Waals surface area contributed by atoms with Gasteiger partial charge in [0, 0.05) is 11.6 Å². The van der Waals surface area contributed by atoms with Gasteiger partial charge in [-0.05, 0) is 24.5 Å². The van der Waals surface area contributed by atoms with Crippen molar-refractivity contribution in [1.82, 2.24) is 4.72 Å². The average molecular weight is 319 g/mol. The molecule has 1 aliphatic rings. The Kier molecular flexibility index (Phi) is 4.15.